The van der Waals surface area contributed by atoms with E-state index in [1.54, 1.807) is 6.20 Å². The van der Waals surface area contributed by atoms with Crippen molar-refractivity contribution < 1.29 is 4.79 Å². The zero-order valence-corrected chi connectivity index (χ0v) is 12.7. The van der Waals surface area contributed by atoms with E-state index in [1.807, 2.05) is 6.92 Å². The Bertz CT molecular complexity index is 399. The topological polar surface area (TPSA) is 66.9 Å². The molecule has 1 aliphatic heterocycles. The van der Waals surface area contributed by atoms with Crippen LogP contribution in [-0.2, 0) is 0 Å². The van der Waals surface area contributed by atoms with E-state index in [0.717, 1.165) is 25.1 Å². The lowest BCUT2D eigenvalue weighted by Crippen LogP contribution is -2.46. The molecule has 2 atom stereocenters. The molecule has 2 N–H and O–H groups in total. The number of nitrogens with zero attached hydrogens (tertiary/aromatic N) is 2. The fraction of sp³-hybridized carbons (Fsp3) is 0.583. The van der Waals surface area contributed by atoms with Crippen LogP contribution < -0.4 is 10.6 Å². The number of aryl methyl sites for hydroxylation is 1. The average Bonchev–Trinajstić information content (AvgIpc) is 2.29. The molecule has 0 aromatic carbocycles. The van der Waals surface area contributed by atoms with Crippen molar-refractivity contribution >= 4 is 30.7 Å². The first-order valence-electron chi connectivity index (χ1n) is 5.98. The van der Waals surface area contributed by atoms with Gasteiger partial charge in [0, 0.05) is 18.3 Å². The highest BCUT2D eigenvalue weighted by Gasteiger charge is 2.20. The molecule has 7 heteroatoms. The third kappa shape index (κ3) is 5.30. The van der Waals surface area contributed by atoms with Crippen molar-refractivity contribution in [1.82, 2.24) is 20.6 Å². The number of aromatic nitrogens is 2. The summed E-state index contributed by atoms with van der Waals surface area (Å²) in [5.41, 5.74) is 1.21. The van der Waals surface area contributed by atoms with E-state index in [-0.39, 0.29) is 36.8 Å². The Morgan fingerprint density at radius 1 is 1.37 bits per heavy atom. The lowest BCUT2D eigenvalue weighted by molar-refractivity contribution is 0.0920. The molecule has 0 spiro atoms. The molecule has 1 amide bonds. The SMILES string of the molecule is Cc1cnc(C(=O)NC2CCNC(C)C2)cn1.Cl.Cl. The summed E-state index contributed by atoms with van der Waals surface area (Å²) in [6.45, 7) is 4.93. The molecule has 2 rings (SSSR count). The van der Waals surface area contributed by atoms with Crippen LogP contribution in [0.25, 0.3) is 0 Å². The first-order chi connectivity index (χ1) is 8.15. The van der Waals surface area contributed by atoms with E-state index in [0.29, 0.717) is 11.7 Å². The van der Waals surface area contributed by atoms with Crippen molar-refractivity contribution in [2.45, 2.75) is 38.8 Å². The van der Waals surface area contributed by atoms with Crippen LogP contribution in [-0.4, -0.2) is 34.5 Å². The predicted octanol–water partition coefficient (Wildman–Crippen LogP) is 1.50. The van der Waals surface area contributed by atoms with Gasteiger partial charge in [-0.2, -0.15) is 0 Å². The summed E-state index contributed by atoms with van der Waals surface area (Å²) in [5.74, 6) is -0.128. The summed E-state index contributed by atoms with van der Waals surface area (Å²) in [5, 5.41) is 6.36. The Morgan fingerprint density at radius 2 is 2.11 bits per heavy atom. The van der Waals surface area contributed by atoms with Gasteiger partial charge in [0.1, 0.15) is 5.69 Å². The Hall–Kier alpha value is -0.910. The number of carbonyl (C=O) groups excluding carboxylic acids is 1. The molecule has 1 saturated heterocycles. The van der Waals surface area contributed by atoms with Gasteiger partial charge in [-0.1, -0.05) is 0 Å². The van der Waals surface area contributed by atoms with Gasteiger partial charge in [-0.25, -0.2) is 4.98 Å². The van der Waals surface area contributed by atoms with Crippen LogP contribution in [0.4, 0.5) is 0 Å². The molecule has 0 bridgehead atoms. The summed E-state index contributed by atoms with van der Waals surface area (Å²) < 4.78 is 0. The molecule has 1 aromatic heterocycles. The quantitative estimate of drug-likeness (QED) is 0.869. The van der Waals surface area contributed by atoms with Gasteiger partial charge in [-0.15, -0.1) is 24.8 Å². The fourth-order valence-corrected chi connectivity index (χ4v) is 2.03. The second-order valence-corrected chi connectivity index (χ2v) is 4.59. The van der Waals surface area contributed by atoms with Crippen molar-refractivity contribution in [3.63, 3.8) is 0 Å². The minimum atomic E-state index is -0.128. The van der Waals surface area contributed by atoms with Gasteiger partial charge in [0.15, 0.2) is 0 Å². The van der Waals surface area contributed by atoms with Crippen molar-refractivity contribution in [3.05, 3.63) is 23.8 Å². The molecule has 1 aliphatic rings. The third-order valence-electron chi connectivity index (χ3n) is 2.97. The van der Waals surface area contributed by atoms with Crippen LogP contribution in [0.15, 0.2) is 12.4 Å². The normalized spacial score (nSPS) is 21.8. The number of rotatable bonds is 2. The summed E-state index contributed by atoms with van der Waals surface area (Å²) >= 11 is 0. The lowest BCUT2D eigenvalue weighted by atomic mass is 10.0. The number of nitrogens with one attached hydrogen (secondary N) is 2. The molecular weight excluding hydrogens is 287 g/mol. The van der Waals surface area contributed by atoms with Crippen LogP contribution >= 0.6 is 24.8 Å². The molecule has 1 fully saturated rings. The van der Waals surface area contributed by atoms with Crippen molar-refractivity contribution in [1.29, 1.82) is 0 Å². The molecular formula is C12H20Cl2N4O. The highest BCUT2D eigenvalue weighted by Crippen LogP contribution is 2.08. The van der Waals surface area contributed by atoms with E-state index in [2.05, 4.69) is 27.5 Å². The molecule has 0 saturated carbocycles. The van der Waals surface area contributed by atoms with Gasteiger partial charge in [0.05, 0.1) is 11.9 Å². The number of carbonyl (C=O) groups is 1. The molecule has 19 heavy (non-hydrogen) atoms. The smallest absolute Gasteiger partial charge is 0.271 e. The highest BCUT2D eigenvalue weighted by molar-refractivity contribution is 5.92. The zero-order valence-electron chi connectivity index (χ0n) is 11.0. The largest absolute Gasteiger partial charge is 0.348 e. The van der Waals surface area contributed by atoms with Gasteiger partial charge in [0.25, 0.3) is 5.91 Å². The summed E-state index contributed by atoms with van der Waals surface area (Å²) in [6.07, 6.45) is 5.07. The zero-order chi connectivity index (χ0) is 12.3. The maximum Gasteiger partial charge on any atom is 0.271 e. The minimum Gasteiger partial charge on any atom is -0.348 e. The van der Waals surface area contributed by atoms with E-state index >= 15 is 0 Å². The highest BCUT2D eigenvalue weighted by atomic mass is 35.5. The monoisotopic (exact) mass is 306 g/mol. The van der Waals surface area contributed by atoms with Crippen molar-refractivity contribution in [2.24, 2.45) is 0 Å². The number of piperidine rings is 1. The number of hydrogen-bond acceptors (Lipinski definition) is 4. The van der Waals surface area contributed by atoms with Crippen LogP contribution in [0.1, 0.15) is 35.9 Å². The van der Waals surface area contributed by atoms with Gasteiger partial charge >= 0.3 is 0 Å². The maximum atomic E-state index is 11.9. The molecule has 2 unspecified atom stereocenters. The Balaban J connectivity index is 0.00000162. The van der Waals surface area contributed by atoms with E-state index in [1.165, 1.54) is 6.20 Å². The van der Waals surface area contributed by atoms with Crippen molar-refractivity contribution in [3.8, 4) is 0 Å². The molecule has 0 aliphatic carbocycles. The third-order valence-corrected chi connectivity index (χ3v) is 2.97. The second-order valence-electron chi connectivity index (χ2n) is 4.59. The van der Waals surface area contributed by atoms with Crippen molar-refractivity contribution in [2.75, 3.05) is 6.54 Å². The second kappa shape index (κ2) is 8.30. The molecule has 108 valence electrons. The van der Waals surface area contributed by atoms with Crippen LogP contribution in [0.2, 0.25) is 0 Å². The first kappa shape index (κ1) is 18.1. The maximum absolute atomic E-state index is 11.9. The minimum absolute atomic E-state index is 0. The Kier molecular flexibility index (Phi) is 7.90. The number of halogens is 2. The number of amides is 1. The molecule has 5 nitrogen and oxygen atoms in total. The molecule has 1 aromatic rings. The summed E-state index contributed by atoms with van der Waals surface area (Å²) in [6, 6.07) is 0.694. The van der Waals surface area contributed by atoms with Crippen LogP contribution in [0, 0.1) is 6.92 Å². The summed E-state index contributed by atoms with van der Waals surface area (Å²) in [4.78, 5) is 20.0. The van der Waals surface area contributed by atoms with Gasteiger partial charge in [-0.05, 0) is 33.2 Å². The lowest BCUT2D eigenvalue weighted by Gasteiger charge is -2.28. The van der Waals surface area contributed by atoms with Gasteiger partial charge in [0.2, 0.25) is 0 Å². The molecule has 0 radical (unpaired) electrons. The molecule has 2 heterocycles. The van der Waals surface area contributed by atoms with E-state index in [4.69, 9.17) is 0 Å². The van der Waals surface area contributed by atoms with Crippen LogP contribution in [0.5, 0.6) is 0 Å². The Morgan fingerprint density at radius 3 is 2.68 bits per heavy atom. The number of hydrogen-bond donors (Lipinski definition) is 2. The fourth-order valence-electron chi connectivity index (χ4n) is 2.03. The Labute approximate surface area is 125 Å². The summed E-state index contributed by atoms with van der Waals surface area (Å²) in [7, 11) is 0. The standard InChI is InChI=1S/C12H18N4O.2ClH/c1-8-5-10(3-4-13-8)16-12(17)11-7-14-9(2)6-15-11;;/h6-8,10,13H,3-5H2,1-2H3,(H,16,17);2*1H. The van der Waals surface area contributed by atoms with Crippen LogP contribution in [0.3, 0.4) is 0 Å². The van der Waals surface area contributed by atoms with E-state index < -0.39 is 0 Å². The van der Waals surface area contributed by atoms with Gasteiger partial charge < -0.3 is 10.6 Å². The average molecular weight is 307 g/mol. The predicted molar refractivity (Wildman–Crippen MR) is 79.2 cm³/mol. The van der Waals surface area contributed by atoms with Gasteiger partial charge in [-0.3, -0.25) is 9.78 Å². The first-order valence-corrected chi connectivity index (χ1v) is 5.98. The van der Waals surface area contributed by atoms with E-state index in [9.17, 15) is 4.79 Å².